The highest BCUT2D eigenvalue weighted by molar-refractivity contribution is 5.86. The lowest BCUT2D eigenvalue weighted by molar-refractivity contribution is 0.429. The second-order valence-corrected chi connectivity index (χ2v) is 4.26. The van der Waals surface area contributed by atoms with Gasteiger partial charge in [-0.2, -0.15) is 0 Å². The SMILES string of the molecule is Nc1noc(-c2c(F)cc(F)cc2F)c1-c1cccnc1. The molecule has 3 aromatic rings. The van der Waals surface area contributed by atoms with E-state index in [0.717, 1.165) is 0 Å². The first-order chi connectivity index (χ1) is 10.1. The second-order valence-electron chi connectivity index (χ2n) is 4.26. The molecular formula is C14H8F3N3O. The largest absolute Gasteiger partial charge is 0.380 e. The summed E-state index contributed by atoms with van der Waals surface area (Å²) in [7, 11) is 0. The standard InChI is InChI=1S/C14H8F3N3O/c15-8-4-9(16)12(10(17)5-8)13-11(14(18)20-21-13)7-2-1-3-19-6-7/h1-6H,(H2,18,20). The maximum absolute atomic E-state index is 13.9. The molecule has 2 N–H and O–H groups in total. The van der Waals surface area contributed by atoms with Gasteiger partial charge in [-0.15, -0.1) is 0 Å². The molecule has 106 valence electrons. The summed E-state index contributed by atoms with van der Waals surface area (Å²) in [5, 5.41) is 3.52. The van der Waals surface area contributed by atoms with Gasteiger partial charge >= 0.3 is 0 Å². The Balaban J connectivity index is 2.27. The van der Waals surface area contributed by atoms with Crippen molar-refractivity contribution in [2.75, 3.05) is 5.73 Å². The van der Waals surface area contributed by atoms with Crippen molar-refractivity contribution < 1.29 is 17.7 Å². The van der Waals surface area contributed by atoms with Gasteiger partial charge in [0.2, 0.25) is 0 Å². The van der Waals surface area contributed by atoms with Gasteiger partial charge in [-0.3, -0.25) is 4.98 Å². The number of nitrogens with two attached hydrogens (primary N) is 1. The number of halogens is 3. The van der Waals surface area contributed by atoms with Gasteiger partial charge in [0.1, 0.15) is 17.5 Å². The third kappa shape index (κ3) is 2.22. The summed E-state index contributed by atoms with van der Waals surface area (Å²) in [6.45, 7) is 0. The van der Waals surface area contributed by atoms with Crippen LogP contribution in [-0.4, -0.2) is 10.1 Å². The third-order valence-electron chi connectivity index (χ3n) is 2.90. The minimum Gasteiger partial charge on any atom is -0.380 e. The van der Waals surface area contributed by atoms with Crippen LogP contribution in [0.5, 0.6) is 0 Å². The fraction of sp³-hybridized carbons (Fsp3) is 0. The molecule has 0 radical (unpaired) electrons. The Kier molecular flexibility index (Phi) is 3.09. The molecule has 0 spiro atoms. The highest BCUT2D eigenvalue weighted by Gasteiger charge is 2.24. The lowest BCUT2D eigenvalue weighted by Crippen LogP contribution is -1.94. The van der Waals surface area contributed by atoms with Crippen LogP contribution in [0.3, 0.4) is 0 Å². The van der Waals surface area contributed by atoms with Gasteiger partial charge < -0.3 is 10.3 Å². The molecule has 0 aliphatic heterocycles. The van der Waals surface area contributed by atoms with Gasteiger partial charge in [0, 0.05) is 30.1 Å². The average molecular weight is 291 g/mol. The van der Waals surface area contributed by atoms with E-state index in [1.165, 1.54) is 12.4 Å². The molecule has 2 aromatic heterocycles. The topological polar surface area (TPSA) is 64.9 Å². The molecule has 0 saturated carbocycles. The number of pyridine rings is 1. The van der Waals surface area contributed by atoms with Crippen molar-refractivity contribution in [3.8, 4) is 22.5 Å². The van der Waals surface area contributed by atoms with Crippen LogP contribution in [0.2, 0.25) is 0 Å². The highest BCUT2D eigenvalue weighted by atomic mass is 19.1. The molecule has 3 rings (SSSR count). The minimum absolute atomic E-state index is 0.0406. The fourth-order valence-corrected chi connectivity index (χ4v) is 2.02. The molecule has 4 nitrogen and oxygen atoms in total. The lowest BCUT2D eigenvalue weighted by atomic mass is 10.0. The van der Waals surface area contributed by atoms with Crippen LogP contribution in [0.1, 0.15) is 0 Å². The number of nitrogen functional groups attached to an aromatic ring is 1. The quantitative estimate of drug-likeness (QED) is 0.786. The van der Waals surface area contributed by atoms with Gasteiger partial charge in [-0.25, -0.2) is 13.2 Å². The summed E-state index contributed by atoms with van der Waals surface area (Å²) in [4.78, 5) is 3.90. The molecular weight excluding hydrogens is 283 g/mol. The molecule has 2 heterocycles. The van der Waals surface area contributed by atoms with E-state index in [9.17, 15) is 13.2 Å². The monoisotopic (exact) mass is 291 g/mol. The summed E-state index contributed by atoms with van der Waals surface area (Å²) in [5.41, 5.74) is 5.84. The van der Waals surface area contributed by atoms with Gasteiger partial charge in [0.15, 0.2) is 11.6 Å². The number of aromatic nitrogens is 2. The second kappa shape index (κ2) is 4.93. The molecule has 1 aromatic carbocycles. The molecule has 0 atom stereocenters. The van der Waals surface area contributed by atoms with Crippen molar-refractivity contribution in [2.45, 2.75) is 0 Å². The number of nitrogens with zero attached hydrogens (tertiary/aromatic N) is 2. The van der Waals surface area contributed by atoms with Crippen molar-refractivity contribution in [3.63, 3.8) is 0 Å². The van der Waals surface area contributed by atoms with E-state index in [4.69, 9.17) is 10.3 Å². The Labute approximate surface area is 117 Å². The Hall–Kier alpha value is -2.83. The Morgan fingerprint density at radius 1 is 1.05 bits per heavy atom. The molecule has 21 heavy (non-hydrogen) atoms. The molecule has 0 saturated heterocycles. The maximum atomic E-state index is 13.9. The fourth-order valence-electron chi connectivity index (χ4n) is 2.02. The predicted octanol–water partition coefficient (Wildman–Crippen LogP) is 3.40. The van der Waals surface area contributed by atoms with Crippen molar-refractivity contribution in [1.82, 2.24) is 10.1 Å². The number of hydrogen-bond donors (Lipinski definition) is 1. The van der Waals surface area contributed by atoms with Crippen LogP contribution >= 0.6 is 0 Å². The number of anilines is 1. The summed E-state index contributed by atoms with van der Waals surface area (Å²) in [6, 6.07) is 4.38. The van der Waals surface area contributed by atoms with E-state index >= 15 is 0 Å². The molecule has 0 fully saturated rings. The Morgan fingerprint density at radius 2 is 1.76 bits per heavy atom. The number of hydrogen-bond acceptors (Lipinski definition) is 4. The third-order valence-corrected chi connectivity index (χ3v) is 2.90. The van der Waals surface area contributed by atoms with E-state index < -0.39 is 23.0 Å². The zero-order valence-electron chi connectivity index (χ0n) is 10.5. The first-order valence-electron chi connectivity index (χ1n) is 5.88. The smallest absolute Gasteiger partial charge is 0.182 e. The predicted molar refractivity (Wildman–Crippen MR) is 69.5 cm³/mol. The summed E-state index contributed by atoms with van der Waals surface area (Å²) in [5.74, 6) is -3.48. The summed E-state index contributed by atoms with van der Waals surface area (Å²) in [6.07, 6.45) is 2.98. The van der Waals surface area contributed by atoms with Crippen LogP contribution in [0.4, 0.5) is 19.0 Å². The average Bonchev–Trinajstić information content (AvgIpc) is 2.80. The number of benzene rings is 1. The molecule has 0 unspecified atom stereocenters. The first kappa shape index (κ1) is 13.2. The van der Waals surface area contributed by atoms with E-state index in [2.05, 4.69) is 10.1 Å². The van der Waals surface area contributed by atoms with E-state index in [0.29, 0.717) is 17.7 Å². The van der Waals surface area contributed by atoms with E-state index in [-0.39, 0.29) is 17.1 Å². The number of rotatable bonds is 2. The van der Waals surface area contributed by atoms with Crippen LogP contribution in [-0.2, 0) is 0 Å². The molecule has 0 bridgehead atoms. The summed E-state index contributed by atoms with van der Waals surface area (Å²) < 4.78 is 45.7. The van der Waals surface area contributed by atoms with Crippen LogP contribution in [0, 0.1) is 17.5 Å². The van der Waals surface area contributed by atoms with Crippen molar-refractivity contribution in [3.05, 3.63) is 54.1 Å². The summed E-state index contributed by atoms with van der Waals surface area (Å²) >= 11 is 0. The minimum atomic E-state index is -1.10. The zero-order chi connectivity index (χ0) is 15.0. The molecule has 0 aliphatic carbocycles. The van der Waals surface area contributed by atoms with Crippen LogP contribution < -0.4 is 5.73 Å². The van der Waals surface area contributed by atoms with Crippen LogP contribution in [0.25, 0.3) is 22.5 Å². The zero-order valence-corrected chi connectivity index (χ0v) is 10.5. The maximum Gasteiger partial charge on any atom is 0.182 e. The van der Waals surface area contributed by atoms with Crippen LogP contribution in [0.15, 0.2) is 41.2 Å². The molecule has 0 aliphatic rings. The Morgan fingerprint density at radius 3 is 2.38 bits per heavy atom. The molecule has 7 heteroatoms. The highest BCUT2D eigenvalue weighted by Crippen LogP contribution is 2.38. The van der Waals surface area contributed by atoms with Crippen molar-refractivity contribution >= 4 is 5.82 Å². The van der Waals surface area contributed by atoms with E-state index in [1.807, 2.05) is 0 Å². The van der Waals surface area contributed by atoms with Crippen molar-refractivity contribution in [2.24, 2.45) is 0 Å². The Bertz CT molecular complexity index is 779. The normalized spacial score (nSPS) is 10.8. The van der Waals surface area contributed by atoms with Crippen molar-refractivity contribution in [1.29, 1.82) is 0 Å². The van der Waals surface area contributed by atoms with Gasteiger partial charge in [0.25, 0.3) is 0 Å². The van der Waals surface area contributed by atoms with Gasteiger partial charge in [-0.1, -0.05) is 11.2 Å². The molecule has 0 amide bonds. The first-order valence-corrected chi connectivity index (χ1v) is 5.88. The van der Waals surface area contributed by atoms with E-state index in [1.54, 1.807) is 12.1 Å². The van der Waals surface area contributed by atoms with Gasteiger partial charge in [-0.05, 0) is 6.07 Å². The lowest BCUT2D eigenvalue weighted by Gasteiger charge is -2.05. The van der Waals surface area contributed by atoms with Gasteiger partial charge in [0.05, 0.1) is 11.1 Å².